The van der Waals surface area contributed by atoms with Gasteiger partial charge in [-0.25, -0.2) is 4.79 Å². The number of nitrogens with zero attached hydrogens (tertiary/aromatic N) is 2. The molecule has 16 heavy (non-hydrogen) atoms. The first-order valence-electron chi connectivity index (χ1n) is 4.88. The first kappa shape index (κ1) is 12.4. The van der Waals surface area contributed by atoms with Crippen LogP contribution in [0.1, 0.15) is 21.6 Å². The molecule has 0 saturated carbocycles. The Labute approximate surface area is 93.6 Å². The summed E-state index contributed by atoms with van der Waals surface area (Å²) in [6, 6.07) is 0. The van der Waals surface area contributed by atoms with E-state index in [1.807, 2.05) is 0 Å². The number of aromatic nitrogens is 2. The molecule has 6 heteroatoms. The zero-order valence-electron chi connectivity index (χ0n) is 9.57. The minimum absolute atomic E-state index is 0.170. The van der Waals surface area contributed by atoms with E-state index in [1.165, 1.54) is 0 Å². The van der Waals surface area contributed by atoms with Gasteiger partial charge in [-0.1, -0.05) is 0 Å². The highest BCUT2D eigenvalue weighted by molar-refractivity contribution is 5.94. The van der Waals surface area contributed by atoms with Gasteiger partial charge in [0.25, 0.3) is 0 Å². The van der Waals surface area contributed by atoms with E-state index in [9.17, 15) is 4.79 Å². The summed E-state index contributed by atoms with van der Waals surface area (Å²) in [6.07, 6.45) is 0. The summed E-state index contributed by atoms with van der Waals surface area (Å²) in [5.41, 5.74) is 1.42. The number of ether oxygens (including phenoxy) is 1. The Morgan fingerprint density at radius 2 is 2.12 bits per heavy atom. The molecule has 0 saturated heterocycles. The second-order valence-electron chi connectivity index (χ2n) is 3.36. The Balaban J connectivity index is 2.99. The third-order valence-electron chi connectivity index (χ3n) is 2.27. The van der Waals surface area contributed by atoms with Crippen molar-refractivity contribution in [1.29, 1.82) is 0 Å². The molecule has 0 fully saturated rings. The Morgan fingerprint density at radius 3 is 2.69 bits per heavy atom. The molecule has 0 aliphatic heterocycles. The fourth-order valence-corrected chi connectivity index (χ4v) is 1.27. The Kier molecular flexibility index (Phi) is 4.19. The van der Waals surface area contributed by atoms with Crippen LogP contribution in [0, 0.1) is 13.8 Å². The summed E-state index contributed by atoms with van der Waals surface area (Å²) in [5.74, 6) is -0.719. The number of carbonyl (C=O) groups is 1. The number of aromatic carboxylic acids is 1. The normalized spacial score (nSPS) is 10.2. The molecule has 0 radical (unpaired) electrons. The van der Waals surface area contributed by atoms with Crippen LogP contribution in [0.25, 0.3) is 0 Å². The number of hydrogen-bond donors (Lipinski definition) is 2. The van der Waals surface area contributed by atoms with E-state index in [0.29, 0.717) is 24.4 Å². The fraction of sp³-hybridized carbons (Fsp3) is 0.500. The lowest BCUT2D eigenvalue weighted by molar-refractivity contribution is 0.0696. The van der Waals surface area contributed by atoms with E-state index >= 15 is 0 Å². The minimum atomic E-state index is -1.00. The van der Waals surface area contributed by atoms with Crippen LogP contribution in [-0.4, -0.2) is 41.5 Å². The fourth-order valence-electron chi connectivity index (χ4n) is 1.27. The summed E-state index contributed by atoms with van der Waals surface area (Å²) >= 11 is 0. The molecular weight excluding hydrogens is 210 g/mol. The Bertz CT molecular complexity index is 393. The number of methoxy groups -OCH3 is 1. The first-order chi connectivity index (χ1) is 7.57. The Morgan fingerprint density at radius 1 is 1.44 bits per heavy atom. The van der Waals surface area contributed by atoms with Crippen LogP contribution in [0.2, 0.25) is 0 Å². The molecule has 88 valence electrons. The number of hydrogen-bond acceptors (Lipinski definition) is 5. The number of nitrogens with one attached hydrogen (secondary N) is 1. The molecule has 0 aliphatic carbocycles. The van der Waals surface area contributed by atoms with Crippen molar-refractivity contribution >= 4 is 11.8 Å². The minimum Gasteiger partial charge on any atom is -0.478 e. The number of aryl methyl sites for hydroxylation is 1. The van der Waals surface area contributed by atoms with Gasteiger partial charge in [0, 0.05) is 13.7 Å². The number of carboxylic acid groups (broad SMARTS) is 1. The van der Waals surface area contributed by atoms with E-state index in [4.69, 9.17) is 9.84 Å². The van der Waals surface area contributed by atoms with Crippen molar-refractivity contribution < 1.29 is 14.6 Å². The molecule has 1 aromatic rings. The topological polar surface area (TPSA) is 84.3 Å². The van der Waals surface area contributed by atoms with Gasteiger partial charge in [-0.15, -0.1) is 5.10 Å². The third-order valence-corrected chi connectivity index (χ3v) is 2.27. The maximum absolute atomic E-state index is 11.1. The molecule has 0 aromatic carbocycles. The highest BCUT2D eigenvalue weighted by Crippen LogP contribution is 2.17. The molecule has 1 heterocycles. The van der Waals surface area contributed by atoms with Gasteiger partial charge in [0.15, 0.2) is 5.82 Å². The zero-order valence-corrected chi connectivity index (χ0v) is 9.57. The number of carboxylic acids is 1. The van der Waals surface area contributed by atoms with Crippen molar-refractivity contribution in [2.75, 3.05) is 25.6 Å². The van der Waals surface area contributed by atoms with Crippen molar-refractivity contribution in [3.63, 3.8) is 0 Å². The smallest absolute Gasteiger partial charge is 0.339 e. The highest BCUT2D eigenvalue weighted by Gasteiger charge is 2.16. The van der Waals surface area contributed by atoms with Gasteiger partial charge >= 0.3 is 5.97 Å². The molecule has 0 unspecified atom stereocenters. The van der Waals surface area contributed by atoms with Crippen molar-refractivity contribution in [2.24, 2.45) is 0 Å². The van der Waals surface area contributed by atoms with Gasteiger partial charge in [-0.3, -0.25) is 0 Å². The summed E-state index contributed by atoms with van der Waals surface area (Å²) in [4.78, 5) is 11.1. The molecule has 6 nitrogen and oxygen atoms in total. The van der Waals surface area contributed by atoms with Gasteiger partial charge in [-0.2, -0.15) is 5.10 Å². The molecule has 0 spiro atoms. The van der Waals surface area contributed by atoms with Crippen LogP contribution < -0.4 is 5.32 Å². The predicted octanol–water partition coefficient (Wildman–Crippen LogP) is 0.850. The van der Waals surface area contributed by atoms with Gasteiger partial charge in [0.2, 0.25) is 0 Å². The van der Waals surface area contributed by atoms with Crippen molar-refractivity contribution in [3.8, 4) is 0 Å². The van der Waals surface area contributed by atoms with Crippen molar-refractivity contribution in [2.45, 2.75) is 13.8 Å². The van der Waals surface area contributed by atoms with Crippen molar-refractivity contribution in [3.05, 3.63) is 16.8 Å². The highest BCUT2D eigenvalue weighted by atomic mass is 16.5. The van der Waals surface area contributed by atoms with Crippen molar-refractivity contribution in [1.82, 2.24) is 10.2 Å². The van der Waals surface area contributed by atoms with Gasteiger partial charge in [0.1, 0.15) is 5.56 Å². The first-order valence-corrected chi connectivity index (χ1v) is 4.88. The van der Waals surface area contributed by atoms with E-state index in [2.05, 4.69) is 15.5 Å². The Hall–Kier alpha value is -1.69. The van der Waals surface area contributed by atoms with Crippen LogP contribution in [0.5, 0.6) is 0 Å². The molecule has 0 atom stereocenters. The average Bonchev–Trinajstić information content (AvgIpc) is 2.23. The molecule has 0 aliphatic rings. The third kappa shape index (κ3) is 2.66. The number of anilines is 1. The van der Waals surface area contributed by atoms with Gasteiger partial charge in [-0.05, 0) is 19.4 Å². The molecular formula is C10H15N3O3. The van der Waals surface area contributed by atoms with Crippen LogP contribution in [0.4, 0.5) is 5.82 Å². The maximum atomic E-state index is 11.1. The van der Waals surface area contributed by atoms with E-state index in [0.717, 1.165) is 0 Å². The predicted molar refractivity (Wildman–Crippen MR) is 58.8 cm³/mol. The van der Waals surface area contributed by atoms with E-state index in [-0.39, 0.29) is 11.4 Å². The van der Waals surface area contributed by atoms with Gasteiger partial charge < -0.3 is 15.2 Å². The second kappa shape index (κ2) is 5.41. The van der Waals surface area contributed by atoms with Gasteiger partial charge in [0.05, 0.1) is 12.3 Å². The summed E-state index contributed by atoms with van der Waals surface area (Å²) in [6.45, 7) is 4.42. The van der Waals surface area contributed by atoms with E-state index < -0.39 is 5.97 Å². The van der Waals surface area contributed by atoms with E-state index in [1.54, 1.807) is 21.0 Å². The van der Waals surface area contributed by atoms with Crippen LogP contribution in [0.15, 0.2) is 0 Å². The molecule has 1 aromatic heterocycles. The monoisotopic (exact) mass is 225 g/mol. The zero-order chi connectivity index (χ0) is 12.1. The molecule has 0 amide bonds. The molecule has 2 N–H and O–H groups in total. The molecule has 1 rings (SSSR count). The number of rotatable bonds is 5. The standard InChI is InChI=1S/C10H15N3O3/c1-6-7(2)12-13-9(8(6)10(14)15)11-4-5-16-3/h4-5H2,1-3H3,(H,11,13)(H,14,15). The maximum Gasteiger partial charge on any atom is 0.339 e. The SMILES string of the molecule is COCCNc1nnc(C)c(C)c1C(=O)O. The summed E-state index contributed by atoms with van der Waals surface area (Å²) in [5, 5.41) is 19.7. The quantitative estimate of drug-likeness (QED) is 0.723. The average molecular weight is 225 g/mol. The molecule has 0 bridgehead atoms. The van der Waals surface area contributed by atoms with Crippen LogP contribution in [0.3, 0.4) is 0 Å². The lowest BCUT2D eigenvalue weighted by Gasteiger charge is -2.10. The van der Waals surface area contributed by atoms with Crippen LogP contribution >= 0.6 is 0 Å². The summed E-state index contributed by atoms with van der Waals surface area (Å²) < 4.78 is 4.86. The summed E-state index contributed by atoms with van der Waals surface area (Å²) in [7, 11) is 1.58. The largest absolute Gasteiger partial charge is 0.478 e. The second-order valence-corrected chi connectivity index (χ2v) is 3.36. The lowest BCUT2D eigenvalue weighted by Crippen LogP contribution is -2.15. The van der Waals surface area contributed by atoms with Crippen LogP contribution in [-0.2, 0) is 4.74 Å². The lowest BCUT2D eigenvalue weighted by atomic mass is 10.1.